The Bertz CT molecular complexity index is 767. The third-order valence-electron chi connectivity index (χ3n) is 2.72. The predicted octanol–water partition coefficient (Wildman–Crippen LogP) is 3.92. The van der Waals surface area contributed by atoms with Gasteiger partial charge in [0.1, 0.15) is 11.4 Å². The topological polar surface area (TPSA) is 117 Å². The Morgan fingerprint density at radius 2 is 1.74 bits per heavy atom. The van der Waals surface area contributed by atoms with Gasteiger partial charge in [-0.3, -0.25) is 30.5 Å². The van der Waals surface area contributed by atoms with Gasteiger partial charge in [-0.1, -0.05) is 11.6 Å². The molecule has 0 aliphatic carbocycles. The Labute approximate surface area is 134 Å². The lowest BCUT2D eigenvalue weighted by atomic mass is 10.2. The van der Waals surface area contributed by atoms with E-state index in [4.69, 9.17) is 16.3 Å². The summed E-state index contributed by atoms with van der Waals surface area (Å²) in [7, 11) is 1.29. The average molecular weight is 340 g/mol. The van der Waals surface area contributed by atoms with Gasteiger partial charge < -0.3 is 4.74 Å². The monoisotopic (exact) mass is 339 g/mol. The van der Waals surface area contributed by atoms with Gasteiger partial charge in [-0.15, -0.1) is 0 Å². The highest BCUT2D eigenvalue weighted by molar-refractivity contribution is 6.30. The predicted molar refractivity (Wildman–Crippen MR) is 81.9 cm³/mol. The fourth-order valence-electron chi connectivity index (χ4n) is 1.78. The van der Waals surface area contributed by atoms with Crippen molar-refractivity contribution in [3.63, 3.8) is 0 Å². The van der Waals surface area contributed by atoms with E-state index in [9.17, 15) is 20.2 Å². The third kappa shape index (κ3) is 3.84. The standard InChI is InChI=1S/C13H10ClN3O6/c1-22-15-10-7-9(3-4-11(10)16(18)19)23-13-5-2-8(14)6-12(13)17(20)21/h2-7,15H,1H3. The fraction of sp³-hybridized carbons (Fsp3) is 0.0769. The number of ether oxygens (including phenoxy) is 1. The molecule has 2 rings (SSSR count). The van der Waals surface area contributed by atoms with Crippen molar-refractivity contribution in [3.8, 4) is 11.5 Å². The summed E-state index contributed by atoms with van der Waals surface area (Å²) in [4.78, 5) is 25.4. The van der Waals surface area contributed by atoms with E-state index in [-0.39, 0.29) is 33.6 Å². The lowest BCUT2D eigenvalue weighted by Crippen LogP contribution is -2.01. The zero-order valence-corrected chi connectivity index (χ0v) is 12.4. The zero-order valence-electron chi connectivity index (χ0n) is 11.7. The molecule has 0 saturated heterocycles. The molecule has 0 aliphatic heterocycles. The molecule has 23 heavy (non-hydrogen) atoms. The van der Waals surface area contributed by atoms with Crippen molar-refractivity contribution in [1.29, 1.82) is 0 Å². The molecule has 0 aliphatic rings. The Morgan fingerprint density at radius 3 is 2.35 bits per heavy atom. The van der Waals surface area contributed by atoms with Gasteiger partial charge in [0, 0.05) is 23.2 Å². The summed E-state index contributed by atoms with van der Waals surface area (Å²) < 4.78 is 5.43. The molecule has 0 amide bonds. The third-order valence-corrected chi connectivity index (χ3v) is 2.96. The summed E-state index contributed by atoms with van der Waals surface area (Å²) >= 11 is 5.72. The molecule has 2 aromatic rings. The molecular weight excluding hydrogens is 330 g/mol. The molecule has 120 valence electrons. The molecule has 2 aromatic carbocycles. The number of anilines is 1. The maximum absolute atomic E-state index is 11.0. The second-order valence-corrected chi connectivity index (χ2v) is 4.65. The highest BCUT2D eigenvalue weighted by Gasteiger charge is 2.19. The molecule has 0 unspecified atom stereocenters. The van der Waals surface area contributed by atoms with Crippen LogP contribution in [0.5, 0.6) is 11.5 Å². The van der Waals surface area contributed by atoms with Gasteiger partial charge in [0.05, 0.1) is 17.0 Å². The number of hydrogen-bond acceptors (Lipinski definition) is 7. The van der Waals surface area contributed by atoms with Crippen LogP contribution in [-0.4, -0.2) is 17.0 Å². The molecular formula is C13H10ClN3O6. The van der Waals surface area contributed by atoms with Crippen LogP contribution in [0.3, 0.4) is 0 Å². The van der Waals surface area contributed by atoms with Crippen molar-refractivity contribution in [2.45, 2.75) is 0 Å². The van der Waals surface area contributed by atoms with Crippen LogP contribution in [0.25, 0.3) is 0 Å². The number of nitro benzene ring substituents is 2. The van der Waals surface area contributed by atoms with E-state index in [1.54, 1.807) is 0 Å². The second-order valence-electron chi connectivity index (χ2n) is 4.21. The highest BCUT2D eigenvalue weighted by atomic mass is 35.5. The summed E-state index contributed by atoms with van der Waals surface area (Å²) in [5.41, 5.74) is 1.85. The van der Waals surface area contributed by atoms with E-state index in [0.717, 1.165) is 6.07 Å². The van der Waals surface area contributed by atoms with E-state index >= 15 is 0 Å². The van der Waals surface area contributed by atoms with Crippen molar-refractivity contribution in [2.75, 3.05) is 12.6 Å². The summed E-state index contributed by atoms with van der Waals surface area (Å²) in [6.45, 7) is 0. The lowest BCUT2D eigenvalue weighted by Gasteiger charge is -2.09. The first-order valence-corrected chi connectivity index (χ1v) is 6.49. The smallest absolute Gasteiger partial charge is 0.313 e. The number of nitrogens with zero attached hydrogens (tertiary/aromatic N) is 2. The minimum absolute atomic E-state index is 0.0448. The van der Waals surface area contributed by atoms with Crippen LogP contribution in [0.1, 0.15) is 0 Å². The van der Waals surface area contributed by atoms with Gasteiger partial charge in [0.2, 0.25) is 5.75 Å². The van der Waals surface area contributed by atoms with Gasteiger partial charge >= 0.3 is 5.69 Å². The first-order chi connectivity index (χ1) is 10.9. The van der Waals surface area contributed by atoms with Crippen LogP contribution in [0, 0.1) is 20.2 Å². The van der Waals surface area contributed by atoms with E-state index in [1.807, 2.05) is 0 Å². The van der Waals surface area contributed by atoms with Crippen LogP contribution in [0.4, 0.5) is 17.1 Å². The first-order valence-electron chi connectivity index (χ1n) is 6.11. The van der Waals surface area contributed by atoms with Gasteiger partial charge in [0.15, 0.2) is 0 Å². The molecule has 0 heterocycles. The van der Waals surface area contributed by atoms with Crippen molar-refractivity contribution >= 4 is 28.7 Å². The normalized spacial score (nSPS) is 10.2. The quantitative estimate of drug-likeness (QED) is 0.626. The maximum Gasteiger partial charge on any atom is 0.313 e. The highest BCUT2D eigenvalue weighted by Crippen LogP contribution is 2.36. The summed E-state index contributed by atoms with van der Waals surface area (Å²) in [5.74, 6) is 0.109. The number of nitrogens with one attached hydrogen (secondary N) is 1. The molecule has 0 atom stereocenters. The Kier molecular flexibility index (Phi) is 4.94. The van der Waals surface area contributed by atoms with Crippen LogP contribution in [-0.2, 0) is 4.84 Å². The number of benzene rings is 2. The minimum Gasteiger partial charge on any atom is -0.450 e. The zero-order chi connectivity index (χ0) is 17.0. The summed E-state index contributed by atoms with van der Waals surface area (Å²) in [5, 5.41) is 22.1. The Hall–Kier alpha value is -2.91. The second kappa shape index (κ2) is 6.90. The maximum atomic E-state index is 11.0. The summed E-state index contributed by atoms with van der Waals surface area (Å²) in [6, 6.07) is 7.72. The molecule has 9 nitrogen and oxygen atoms in total. The Morgan fingerprint density at radius 1 is 1.04 bits per heavy atom. The van der Waals surface area contributed by atoms with E-state index in [2.05, 4.69) is 10.3 Å². The molecule has 10 heteroatoms. The lowest BCUT2D eigenvalue weighted by molar-refractivity contribution is -0.385. The van der Waals surface area contributed by atoms with Gasteiger partial charge in [0.25, 0.3) is 5.69 Å². The van der Waals surface area contributed by atoms with Gasteiger partial charge in [-0.2, -0.15) is 0 Å². The van der Waals surface area contributed by atoms with E-state index in [1.165, 1.54) is 37.4 Å². The molecule has 0 aromatic heterocycles. The van der Waals surface area contributed by atoms with Crippen LogP contribution < -0.4 is 10.2 Å². The van der Waals surface area contributed by atoms with Gasteiger partial charge in [-0.25, -0.2) is 0 Å². The molecule has 1 N–H and O–H groups in total. The Balaban J connectivity index is 2.39. The van der Waals surface area contributed by atoms with Crippen molar-refractivity contribution < 1.29 is 19.4 Å². The first kappa shape index (κ1) is 16.5. The molecule has 0 fully saturated rings. The fourth-order valence-corrected chi connectivity index (χ4v) is 1.94. The number of rotatable bonds is 6. The number of nitro groups is 2. The number of hydrogen-bond donors (Lipinski definition) is 1. The van der Waals surface area contributed by atoms with Crippen LogP contribution in [0.15, 0.2) is 36.4 Å². The number of halogens is 1. The van der Waals surface area contributed by atoms with Crippen LogP contribution in [0.2, 0.25) is 5.02 Å². The SMILES string of the molecule is CONc1cc(Oc2ccc(Cl)cc2[N+](=O)[O-])ccc1[N+](=O)[O-]. The van der Waals surface area contributed by atoms with Crippen molar-refractivity contribution in [3.05, 3.63) is 61.6 Å². The van der Waals surface area contributed by atoms with Crippen molar-refractivity contribution in [1.82, 2.24) is 0 Å². The molecule has 0 bridgehead atoms. The van der Waals surface area contributed by atoms with Gasteiger partial charge in [-0.05, 0) is 18.2 Å². The summed E-state index contributed by atoms with van der Waals surface area (Å²) in [6.07, 6.45) is 0. The van der Waals surface area contributed by atoms with E-state index < -0.39 is 9.85 Å². The van der Waals surface area contributed by atoms with Crippen LogP contribution >= 0.6 is 11.6 Å². The average Bonchev–Trinajstić information content (AvgIpc) is 2.49. The molecule has 0 spiro atoms. The molecule has 0 saturated carbocycles. The molecule has 0 radical (unpaired) electrons. The largest absolute Gasteiger partial charge is 0.450 e. The van der Waals surface area contributed by atoms with E-state index in [0.29, 0.717) is 0 Å². The van der Waals surface area contributed by atoms with Crippen molar-refractivity contribution in [2.24, 2.45) is 0 Å². The minimum atomic E-state index is -0.638.